The second-order valence-electron chi connectivity index (χ2n) is 5.44. The maximum Gasteiger partial charge on any atom is 0.304 e. The molecule has 0 atom stereocenters. The summed E-state index contributed by atoms with van der Waals surface area (Å²) in [6, 6.07) is 5.43. The number of nitro groups is 1. The van der Waals surface area contributed by atoms with Gasteiger partial charge in [-0.05, 0) is 17.7 Å². The fraction of sp³-hybridized carbons (Fsp3) is 0.0667. The van der Waals surface area contributed by atoms with Crippen LogP contribution in [0.5, 0.6) is 0 Å². The second-order valence-corrected chi connectivity index (χ2v) is 5.44. The monoisotopic (exact) mass is 354 g/mol. The first-order valence-corrected chi connectivity index (χ1v) is 7.45. The summed E-state index contributed by atoms with van der Waals surface area (Å²) in [6.07, 6.45) is 4.88. The van der Waals surface area contributed by atoms with Gasteiger partial charge in [-0.2, -0.15) is 24.6 Å². The molecular weight excluding hydrogens is 343 g/mol. The molecule has 0 aliphatic rings. The third kappa shape index (κ3) is 2.60. The standard InChI is InChI=1S/C15H11FN8O2/c16-11-6-9(2-3-12(11)24(25)26)8-23-14-10(7-19-23)13(20-15(17)21-14)22-5-1-4-18-22/h1-7H,8H2,(H2,17,20,21). The highest BCUT2D eigenvalue weighted by Gasteiger charge is 2.16. The van der Waals surface area contributed by atoms with E-state index in [1.165, 1.54) is 15.4 Å². The molecule has 4 rings (SSSR count). The van der Waals surface area contributed by atoms with Crippen LogP contribution < -0.4 is 5.73 Å². The minimum absolute atomic E-state index is 0.0413. The first-order chi connectivity index (χ1) is 12.5. The lowest BCUT2D eigenvalue weighted by Crippen LogP contribution is -2.07. The lowest BCUT2D eigenvalue weighted by Gasteiger charge is -2.06. The average Bonchev–Trinajstić information content (AvgIpc) is 3.24. The number of anilines is 1. The summed E-state index contributed by atoms with van der Waals surface area (Å²) in [5, 5.41) is 19.7. The van der Waals surface area contributed by atoms with Gasteiger partial charge in [0.2, 0.25) is 11.8 Å². The van der Waals surface area contributed by atoms with Crippen molar-refractivity contribution >= 4 is 22.7 Å². The van der Waals surface area contributed by atoms with Gasteiger partial charge >= 0.3 is 5.69 Å². The summed E-state index contributed by atoms with van der Waals surface area (Å²) in [5.74, 6) is -0.395. The molecule has 4 aromatic rings. The number of hydrogen-bond acceptors (Lipinski definition) is 7. The third-order valence-corrected chi connectivity index (χ3v) is 3.76. The van der Waals surface area contributed by atoms with Crippen molar-refractivity contribution in [3.8, 4) is 5.82 Å². The molecule has 0 radical (unpaired) electrons. The van der Waals surface area contributed by atoms with E-state index in [1.807, 2.05) is 0 Å². The van der Waals surface area contributed by atoms with Crippen LogP contribution in [-0.2, 0) is 6.54 Å². The highest BCUT2D eigenvalue weighted by molar-refractivity contribution is 5.83. The van der Waals surface area contributed by atoms with E-state index in [9.17, 15) is 14.5 Å². The van der Waals surface area contributed by atoms with Crippen LogP contribution in [0.25, 0.3) is 16.9 Å². The minimum atomic E-state index is -0.907. The molecule has 0 fully saturated rings. The summed E-state index contributed by atoms with van der Waals surface area (Å²) in [6.45, 7) is 0.160. The Balaban J connectivity index is 1.77. The Bertz CT molecular complexity index is 1120. The topological polar surface area (TPSA) is 131 Å². The predicted molar refractivity (Wildman–Crippen MR) is 89.0 cm³/mol. The van der Waals surface area contributed by atoms with Gasteiger partial charge in [-0.25, -0.2) is 9.36 Å². The van der Waals surface area contributed by atoms with E-state index in [1.54, 1.807) is 24.7 Å². The summed E-state index contributed by atoms with van der Waals surface area (Å²) in [5.41, 5.74) is 6.16. The van der Waals surface area contributed by atoms with Crippen LogP contribution in [0, 0.1) is 15.9 Å². The van der Waals surface area contributed by atoms with Gasteiger partial charge in [0.25, 0.3) is 0 Å². The van der Waals surface area contributed by atoms with Gasteiger partial charge in [-0.1, -0.05) is 6.07 Å². The van der Waals surface area contributed by atoms with E-state index in [4.69, 9.17) is 5.73 Å². The summed E-state index contributed by atoms with van der Waals surface area (Å²) >= 11 is 0. The van der Waals surface area contributed by atoms with E-state index in [0.717, 1.165) is 12.1 Å². The highest BCUT2D eigenvalue weighted by atomic mass is 19.1. The molecule has 3 aromatic heterocycles. The molecule has 0 spiro atoms. The Kier molecular flexibility index (Phi) is 3.53. The molecule has 0 saturated heterocycles. The number of nitrogens with zero attached hydrogens (tertiary/aromatic N) is 7. The largest absolute Gasteiger partial charge is 0.368 e. The smallest absolute Gasteiger partial charge is 0.304 e. The molecule has 0 saturated carbocycles. The Morgan fingerprint density at radius 2 is 2.12 bits per heavy atom. The van der Waals surface area contributed by atoms with E-state index in [-0.39, 0.29) is 12.5 Å². The van der Waals surface area contributed by atoms with Crippen molar-refractivity contribution in [2.45, 2.75) is 6.54 Å². The molecule has 26 heavy (non-hydrogen) atoms. The Morgan fingerprint density at radius 3 is 2.81 bits per heavy atom. The number of nitrogens with two attached hydrogens (primary N) is 1. The van der Waals surface area contributed by atoms with Crippen molar-refractivity contribution in [1.29, 1.82) is 0 Å². The van der Waals surface area contributed by atoms with E-state index in [2.05, 4.69) is 20.2 Å². The van der Waals surface area contributed by atoms with Crippen LogP contribution in [0.4, 0.5) is 16.0 Å². The number of fused-ring (bicyclic) bond motifs is 1. The summed E-state index contributed by atoms with van der Waals surface area (Å²) < 4.78 is 16.9. The number of aromatic nitrogens is 6. The van der Waals surface area contributed by atoms with Gasteiger partial charge in [0.05, 0.1) is 23.1 Å². The van der Waals surface area contributed by atoms with Crippen molar-refractivity contribution < 1.29 is 9.31 Å². The Labute approximate surface area is 144 Å². The zero-order valence-electron chi connectivity index (χ0n) is 13.2. The molecule has 0 aliphatic heterocycles. The average molecular weight is 354 g/mol. The van der Waals surface area contributed by atoms with Crippen LogP contribution in [0.1, 0.15) is 5.56 Å². The van der Waals surface area contributed by atoms with Gasteiger partial charge in [0.1, 0.15) is 0 Å². The molecule has 0 amide bonds. The summed E-state index contributed by atoms with van der Waals surface area (Å²) in [7, 11) is 0. The first-order valence-electron chi connectivity index (χ1n) is 7.45. The maximum absolute atomic E-state index is 13.8. The fourth-order valence-corrected chi connectivity index (χ4v) is 2.61. The number of nitro benzene ring substituents is 1. The van der Waals surface area contributed by atoms with E-state index >= 15 is 0 Å². The lowest BCUT2D eigenvalue weighted by molar-refractivity contribution is -0.387. The molecule has 0 aliphatic carbocycles. The van der Waals surface area contributed by atoms with Gasteiger partial charge in [-0.15, -0.1) is 0 Å². The molecule has 10 nitrogen and oxygen atoms in total. The number of halogens is 1. The van der Waals surface area contributed by atoms with Crippen LogP contribution in [0.2, 0.25) is 0 Å². The van der Waals surface area contributed by atoms with E-state index in [0.29, 0.717) is 22.4 Å². The van der Waals surface area contributed by atoms with Gasteiger partial charge in [0.15, 0.2) is 11.5 Å². The zero-order chi connectivity index (χ0) is 18.3. The van der Waals surface area contributed by atoms with Crippen molar-refractivity contribution in [3.63, 3.8) is 0 Å². The molecule has 11 heteroatoms. The molecule has 0 bridgehead atoms. The SMILES string of the molecule is Nc1nc(-n2cccn2)c2cnn(Cc3ccc([N+](=O)[O-])c(F)c3)c2n1. The van der Waals surface area contributed by atoms with E-state index < -0.39 is 16.4 Å². The van der Waals surface area contributed by atoms with Crippen molar-refractivity contribution in [1.82, 2.24) is 29.5 Å². The van der Waals surface area contributed by atoms with Crippen molar-refractivity contribution in [2.24, 2.45) is 0 Å². The number of benzene rings is 1. The lowest BCUT2D eigenvalue weighted by atomic mass is 10.2. The van der Waals surface area contributed by atoms with Crippen molar-refractivity contribution in [2.75, 3.05) is 5.73 Å². The van der Waals surface area contributed by atoms with Crippen LogP contribution in [0.15, 0.2) is 42.9 Å². The van der Waals surface area contributed by atoms with Crippen LogP contribution >= 0.6 is 0 Å². The highest BCUT2D eigenvalue weighted by Crippen LogP contribution is 2.22. The molecule has 1 aromatic carbocycles. The number of nitrogen functional groups attached to an aromatic ring is 1. The van der Waals surface area contributed by atoms with Crippen molar-refractivity contribution in [3.05, 3.63) is 64.4 Å². The fourth-order valence-electron chi connectivity index (χ4n) is 2.61. The minimum Gasteiger partial charge on any atom is -0.368 e. The van der Waals surface area contributed by atoms with Crippen LogP contribution in [-0.4, -0.2) is 34.5 Å². The van der Waals surface area contributed by atoms with Crippen LogP contribution in [0.3, 0.4) is 0 Å². The summed E-state index contributed by atoms with van der Waals surface area (Å²) in [4.78, 5) is 18.3. The van der Waals surface area contributed by atoms with Gasteiger partial charge in [0, 0.05) is 18.5 Å². The first kappa shape index (κ1) is 15.6. The van der Waals surface area contributed by atoms with Gasteiger partial charge in [-0.3, -0.25) is 10.1 Å². The molecule has 3 heterocycles. The molecule has 2 N–H and O–H groups in total. The van der Waals surface area contributed by atoms with Gasteiger partial charge < -0.3 is 5.73 Å². The molecule has 0 unspecified atom stereocenters. The zero-order valence-corrected chi connectivity index (χ0v) is 13.2. The second kappa shape index (κ2) is 5.88. The predicted octanol–water partition coefficient (Wildman–Crippen LogP) is 1.69. The normalized spacial score (nSPS) is 11.1. The number of rotatable bonds is 4. The Hall–Kier alpha value is -3.89. The third-order valence-electron chi connectivity index (χ3n) is 3.76. The molecular formula is C15H11FN8O2. The number of hydrogen-bond donors (Lipinski definition) is 1. The molecule has 130 valence electrons. The quantitative estimate of drug-likeness (QED) is 0.436. The maximum atomic E-state index is 13.8. The Morgan fingerprint density at radius 1 is 1.27 bits per heavy atom.